The SMILES string of the molecule is COc1ccc(OC)c(-n2c(C)cc(/C=C3/C(=N)N4N=C(C5CCCCC5)SC4=NC3=O)c2C)c1. The van der Waals surface area contributed by atoms with Gasteiger partial charge >= 0.3 is 0 Å². The Kier molecular flexibility index (Phi) is 6.27. The van der Waals surface area contributed by atoms with E-state index in [-0.39, 0.29) is 11.4 Å². The number of nitrogens with one attached hydrogen (secondary N) is 1. The van der Waals surface area contributed by atoms with Gasteiger partial charge in [-0.05, 0) is 68.3 Å². The highest BCUT2D eigenvalue weighted by atomic mass is 32.2. The van der Waals surface area contributed by atoms with E-state index in [1.807, 2.05) is 38.1 Å². The van der Waals surface area contributed by atoms with Crippen LogP contribution in [0, 0.1) is 25.2 Å². The number of amidine groups is 2. The van der Waals surface area contributed by atoms with E-state index in [1.165, 1.54) is 36.0 Å². The van der Waals surface area contributed by atoms with E-state index in [0.29, 0.717) is 16.8 Å². The van der Waals surface area contributed by atoms with Crippen molar-refractivity contribution in [3.63, 3.8) is 0 Å². The van der Waals surface area contributed by atoms with E-state index >= 15 is 0 Å². The van der Waals surface area contributed by atoms with Gasteiger partial charge in [-0.1, -0.05) is 19.3 Å². The van der Waals surface area contributed by atoms with E-state index in [1.54, 1.807) is 20.3 Å². The number of hydrogen-bond donors (Lipinski definition) is 1. The minimum Gasteiger partial charge on any atom is -0.497 e. The molecule has 35 heavy (non-hydrogen) atoms. The maximum Gasteiger partial charge on any atom is 0.283 e. The van der Waals surface area contributed by atoms with Crippen LogP contribution in [-0.2, 0) is 4.79 Å². The summed E-state index contributed by atoms with van der Waals surface area (Å²) in [6.07, 6.45) is 7.63. The van der Waals surface area contributed by atoms with Crippen molar-refractivity contribution in [2.24, 2.45) is 16.0 Å². The molecular weight excluding hydrogens is 462 g/mol. The fourth-order valence-electron chi connectivity index (χ4n) is 4.95. The number of methoxy groups -OCH3 is 2. The number of benzene rings is 1. The molecule has 0 atom stereocenters. The number of carbonyl (C=O) groups excluding carboxylic acids is 1. The number of amides is 1. The van der Waals surface area contributed by atoms with E-state index in [4.69, 9.17) is 20.0 Å². The van der Waals surface area contributed by atoms with Gasteiger partial charge in [0.25, 0.3) is 5.91 Å². The first kappa shape index (κ1) is 23.4. The zero-order valence-corrected chi connectivity index (χ0v) is 21.2. The summed E-state index contributed by atoms with van der Waals surface area (Å²) in [6.45, 7) is 3.98. The van der Waals surface area contributed by atoms with Crippen LogP contribution in [0.5, 0.6) is 11.5 Å². The number of nitrogens with zero attached hydrogens (tertiary/aromatic N) is 4. The highest BCUT2D eigenvalue weighted by Gasteiger charge is 2.38. The van der Waals surface area contributed by atoms with Crippen LogP contribution in [0.1, 0.15) is 49.1 Å². The molecule has 2 aliphatic heterocycles. The molecule has 182 valence electrons. The fourth-order valence-corrected chi connectivity index (χ4v) is 6.01. The first-order chi connectivity index (χ1) is 16.9. The Morgan fingerprint density at radius 2 is 1.89 bits per heavy atom. The van der Waals surface area contributed by atoms with E-state index in [0.717, 1.165) is 46.3 Å². The largest absolute Gasteiger partial charge is 0.497 e. The normalized spacial score (nSPS) is 19.7. The van der Waals surface area contributed by atoms with Crippen LogP contribution in [0.2, 0.25) is 0 Å². The third kappa shape index (κ3) is 4.18. The molecular formula is C26H29N5O3S. The zero-order valence-electron chi connectivity index (χ0n) is 20.4. The summed E-state index contributed by atoms with van der Waals surface area (Å²) in [5, 5.41) is 16.5. The van der Waals surface area contributed by atoms with Gasteiger partial charge in [0.1, 0.15) is 16.5 Å². The number of fused-ring (bicyclic) bond motifs is 1. The van der Waals surface area contributed by atoms with Gasteiger partial charge in [-0.25, -0.2) is 0 Å². The molecule has 2 aromatic rings. The molecule has 0 spiro atoms. The molecule has 1 amide bonds. The van der Waals surface area contributed by atoms with Crippen LogP contribution in [0.15, 0.2) is 39.9 Å². The maximum absolute atomic E-state index is 13.0. The van der Waals surface area contributed by atoms with Gasteiger partial charge in [0.15, 0.2) is 5.84 Å². The fraction of sp³-hybridized carbons (Fsp3) is 0.385. The third-order valence-corrected chi connectivity index (χ3v) is 7.89. The zero-order chi connectivity index (χ0) is 24.7. The summed E-state index contributed by atoms with van der Waals surface area (Å²) in [5.74, 6) is 1.49. The molecule has 0 bridgehead atoms. The standard InChI is InChI=1S/C26H29N5O3S/c1-15-12-18(16(2)30(15)21-14-19(33-3)10-11-22(21)34-4)13-20-23(27)31-26(28-24(20)32)35-25(29-31)17-8-6-5-7-9-17/h10-14,17,27H,5-9H2,1-4H3/b20-13-,27-23?. The second-order valence-electron chi connectivity index (χ2n) is 8.99. The summed E-state index contributed by atoms with van der Waals surface area (Å²) in [5.41, 5.74) is 3.80. The number of aromatic nitrogens is 1. The van der Waals surface area contributed by atoms with Crippen LogP contribution in [-0.4, -0.2) is 45.7 Å². The molecule has 1 N–H and O–H groups in total. The molecule has 9 heteroatoms. The highest BCUT2D eigenvalue weighted by Crippen LogP contribution is 2.37. The minimum absolute atomic E-state index is 0.0714. The summed E-state index contributed by atoms with van der Waals surface area (Å²) in [6, 6.07) is 7.64. The predicted molar refractivity (Wildman–Crippen MR) is 140 cm³/mol. The predicted octanol–water partition coefficient (Wildman–Crippen LogP) is 5.31. The van der Waals surface area contributed by atoms with Crippen LogP contribution < -0.4 is 9.47 Å². The Balaban J connectivity index is 1.50. The number of carbonyl (C=O) groups is 1. The Bertz CT molecular complexity index is 1300. The van der Waals surface area contributed by atoms with Gasteiger partial charge in [0, 0.05) is 23.4 Å². The number of aliphatic imine (C=N–C) groups is 1. The highest BCUT2D eigenvalue weighted by molar-refractivity contribution is 8.27. The summed E-state index contributed by atoms with van der Waals surface area (Å²) >= 11 is 1.44. The summed E-state index contributed by atoms with van der Waals surface area (Å²) in [7, 11) is 3.26. The molecule has 3 heterocycles. The average molecular weight is 492 g/mol. The van der Waals surface area contributed by atoms with Gasteiger partial charge in [-0.2, -0.15) is 15.1 Å². The van der Waals surface area contributed by atoms with E-state index < -0.39 is 5.91 Å². The molecule has 3 aliphatic rings. The summed E-state index contributed by atoms with van der Waals surface area (Å²) in [4.78, 5) is 17.2. The lowest BCUT2D eigenvalue weighted by Gasteiger charge is -2.20. The number of hydrazone groups is 1. The number of hydrogen-bond acceptors (Lipinski definition) is 6. The van der Waals surface area contributed by atoms with Gasteiger partial charge in [0.2, 0.25) is 5.17 Å². The van der Waals surface area contributed by atoms with Gasteiger partial charge in [-0.3, -0.25) is 10.2 Å². The Labute approximate surface area is 209 Å². The molecule has 0 saturated heterocycles. The topological polar surface area (TPSA) is 92.3 Å². The number of aryl methyl sites for hydroxylation is 1. The quantitative estimate of drug-likeness (QED) is 0.572. The number of ether oxygens (including phenoxy) is 2. The van der Waals surface area contributed by atoms with Crippen molar-refractivity contribution < 1.29 is 14.3 Å². The van der Waals surface area contributed by atoms with Crippen molar-refractivity contribution in [3.05, 3.63) is 46.8 Å². The van der Waals surface area contributed by atoms with Crippen molar-refractivity contribution in [2.45, 2.75) is 46.0 Å². The lowest BCUT2D eigenvalue weighted by molar-refractivity contribution is -0.114. The average Bonchev–Trinajstić information content (AvgIpc) is 3.42. The van der Waals surface area contributed by atoms with Crippen LogP contribution in [0.3, 0.4) is 0 Å². The molecule has 8 nitrogen and oxygen atoms in total. The molecule has 0 radical (unpaired) electrons. The molecule has 0 unspecified atom stereocenters. The molecule has 1 aromatic carbocycles. The van der Waals surface area contributed by atoms with Gasteiger partial charge in [-0.15, -0.1) is 0 Å². The van der Waals surface area contributed by atoms with Crippen molar-refractivity contribution in [1.29, 1.82) is 5.41 Å². The van der Waals surface area contributed by atoms with Crippen molar-refractivity contribution >= 4 is 39.8 Å². The first-order valence-electron chi connectivity index (χ1n) is 11.8. The van der Waals surface area contributed by atoms with Crippen LogP contribution >= 0.6 is 11.8 Å². The molecule has 1 aromatic heterocycles. The number of rotatable bonds is 5. The summed E-state index contributed by atoms with van der Waals surface area (Å²) < 4.78 is 13.1. The Hall–Kier alpha value is -3.33. The molecule has 5 rings (SSSR count). The lowest BCUT2D eigenvalue weighted by Crippen LogP contribution is -2.35. The van der Waals surface area contributed by atoms with Gasteiger partial charge in [0.05, 0.1) is 25.5 Å². The molecule has 1 saturated carbocycles. The van der Waals surface area contributed by atoms with E-state index in [2.05, 4.69) is 9.56 Å². The maximum atomic E-state index is 13.0. The van der Waals surface area contributed by atoms with Crippen LogP contribution in [0.25, 0.3) is 11.8 Å². The monoisotopic (exact) mass is 491 g/mol. The first-order valence-corrected chi connectivity index (χ1v) is 12.6. The van der Waals surface area contributed by atoms with Gasteiger partial charge < -0.3 is 14.0 Å². The smallest absolute Gasteiger partial charge is 0.283 e. The van der Waals surface area contributed by atoms with Crippen molar-refractivity contribution in [2.75, 3.05) is 14.2 Å². The minimum atomic E-state index is -0.405. The van der Waals surface area contributed by atoms with Crippen molar-refractivity contribution in [3.8, 4) is 17.2 Å². The molecule has 1 fully saturated rings. The third-order valence-electron chi connectivity index (χ3n) is 6.82. The second-order valence-corrected chi connectivity index (χ2v) is 9.98. The van der Waals surface area contributed by atoms with Crippen LogP contribution in [0.4, 0.5) is 0 Å². The van der Waals surface area contributed by atoms with E-state index in [9.17, 15) is 4.79 Å². The second kappa shape index (κ2) is 9.37. The number of thioether (sulfide) groups is 1. The molecule has 1 aliphatic carbocycles. The Morgan fingerprint density at radius 1 is 1.11 bits per heavy atom. The lowest BCUT2D eigenvalue weighted by atomic mass is 9.90. The van der Waals surface area contributed by atoms with Crippen molar-refractivity contribution in [1.82, 2.24) is 9.58 Å². The Morgan fingerprint density at radius 3 is 2.60 bits per heavy atom.